The molecule has 0 nitrogen and oxygen atoms in total. The van der Waals surface area contributed by atoms with E-state index in [2.05, 4.69) is 41.9 Å². The molecule has 0 aliphatic heterocycles. The van der Waals surface area contributed by atoms with Crippen LogP contribution in [-0.4, -0.2) is 0 Å². The summed E-state index contributed by atoms with van der Waals surface area (Å²) in [6.45, 7) is 4.81. The molecule has 0 heterocycles. The maximum absolute atomic E-state index is 3.92. The second kappa shape index (κ2) is 4.12. The Balaban J connectivity index is 2.04. The van der Waals surface area contributed by atoms with Gasteiger partial charge >= 0.3 is 0 Å². The summed E-state index contributed by atoms with van der Waals surface area (Å²) in [4.78, 5) is 0.556. The fraction of sp³-hybridized carbons (Fsp3) is 0.625. The van der Waals surface area contributed by atoms with Gasteiger partial charge in [0.1, 0.15) is 0 Å². The van der Waals surface area contributed by atoms with Gasteiger partial charge in [0.2, 0.25) is 0 Å². The number of benzene rings is 1. The van der Waals surface area contributed by atoms with Gasteiger partial charge in [-0.05, 0) is 66.2 Å². The van der Waals surface area contributed by atoms with Crippen LogP contribution in [0.1, 0.15) is 60.2 Å². The second-order valence-corrected chi connectivity index (χ2v) is 7.61. The lowest BCUT2D eigenvalue weighted by molar-refractivity contribution is 0.316. The van der Waals surface area contributed by atoms with Crippen molar-refractivity contribution < 1.29 is 0 Å². The predicted molar refractivity (Wildman–Crippen MR) is 76.9 cm³/mol. The largest absolute Gasteiger partial charge is 0.0838 e. The van der Waals surface area contributed by atoms with Gasteiger partial charge in [0.25, 0.3) is 0 Å². The zero-order chi connectivity index (χ0) is 12.0. The van der Waals surface area contributed by atoms with Crippen molar-refractivity contribution in [1.29, 1.82) is 0 Å². The van der Waals surface area contributed by atoms with Crippen LogP contribution in [0.25, 0.3) is 0 Å². The van der Waals surface area contributed by atoms with Crippen LogP contribution < -0.4 is 0 Å². The fourth-order valence-electron chi connectivity index (χ4n) is 3.37. The number of hydrogen-bond donors (Lipinski definition) is 0. The Bertz CT molecular complexity index is 445. The van der Waals surface area contributed by atoms with Crippen LogP contribution in [0.15, 0.2) is 12.1 Å². The molecule has 0 saturated carbocycles. The number of alkyl halides is 1. The molecular weight excluding hydrogens is 272 g/mol. The normalized spacial score (nSPS) is 26.2. The van der Waals surface area contributed by atoms with Crippen molar-refractivity contribution in [3.63, 3.8) is 0 Å². The monoisotopic (exact) mass is 292 g/mol. The summed E-state index contributed by atoms with van der Waals surface area (Å²) < 4.78 is 0. The van der Waals surface area contributed by atoms with Crippen LogP contribution >= 0.6 is 15.9 Å². The van der Waals surface area contributed by atoms with E-state index in [0.717, 1.165) is 0 Å². The van der Waals surface area contributed by atoms with Crippen LogP contribution in [0.4, 0.5) is 0 Å². The summed E-state index contributed by atoms with van der Waals surface area (Å²) in [6, 6.07) is 5.01. The highest BCUT2D eigenvalue weighted by Crippen LogP contribution is 2.44. The smallest absolute Gasteiger partial charge is 0.0403 e. The number of halogens is 1. The van der Waals surface area contributed by atoms with Gasteiger partial charge in [-0.2, -0.15) is 0 Å². The lowest BCUT2D eigenvalue weighted by atomic mass is 9.84. The van der Waals surface area contributed by atoms with E-state index in [1.165, 1.54) is 38.5 Å². The highest BCUT2D eigenvalue weighted by Gasteiger charge is 2.29. The maximum Gasteiger partial charge on any atom is 0.0403 e. The van der Waals surface area contributed by atoms with Gasteiger partial charge in [-0.25, -0.2) is 0 Å². The molecule has 0 amide bonds. The molecular formula is C16H21Br. The van der Waals surface area contributed by atoms with Gasteiger partial charge < -0.3 is 0 Å². The van der Waals surface area contributed by atoms with Gasteiger partial charge in [0.05, 0.1) is 0 Å². The van der Waals surface area contributed by atoms with E-state index in [4.69, 9.17) is 0 Å². The van der Waals surface area contributed by atoms with Crippen LogP contribution in [-0.2, 0) is 19.3 Å². The first-order chi connectivity index (χ1) is 8.05. The molecule has 0 radical (unpaired) electrons. The molecule has 0 spiro atoms. The van der Waals surface area contributed by atoms with E-state index in [1.807, 2.05) is 0 Å². The quantitative estimate of drug-likeness (QED) is 0.468. The zero-order valence-electron chi connectivity index (χ0n) is 10.9. The Morgan fingerprint density at radius 3 is 2.53 bits per heavy atom. The molecule has 0 N–H and O–H groups in total. The van der Waals surface area contributed by atoms with E-state index in [1.54, 1.807) is 22.3 Å². The number of aryl methyl sites for hydroxylation is 3. The summed E-state index contributed by atoms with van der Waals surface area (Å²) in [7, 11) is 0. The Hall–Kier alpha value is -0.300. The first-order valence-corrected chi connectivity index (χ1v) is 7.75. The minimum absolute atomic E-state index is 0.470. The van der Waals surface area contributed by atoms with E-state index in [9.17, 15) is 0 Å². The van der Waals surface area contributed by atoms with Gasteiger partial charge in [-0.15, -0.1) is 0 Å². The van der Waals surface area contributed by atoms with Crippen LogP contribution in [0.3, 0.4) is 0 Å². The Kier molecular flexibility index (Phi) is 2.85. The first kappa shape index (κ1) is 11.8. The molecule has 1 unspecified atom stereocenters. The van der Waals surface area contributed by atoms with Crippen LogP contribution in [0.2, 0.25) is 0 Å². The molecule has 0 bridgehead atoms. The SMILES string of the molecule is CC1(C)CCc2cc3c(cc2C(Br)C1)CCC3. The van der Waals surface area contributed by atoms with Gasteiger partial charge in [-0.3, -0.25) is 0 Å². The predicted octanol–water partition coefficient (Wildman–Crippen LogP) is 4.97. The summed E-state index contributed by atoms with van der Waals surface area (Å²) in [5, 5.41) is 0. The lowest BCUT2D eigenvalue weighted by Crippen LogP contribution is -2.11. The molecule has 2 aliphatic carbocycles. The van der Waals surface area contributed by atoms with Gasteiger partial charge in [0.15, 0.2) is 0 Å². The van der Waals surface area contributed by atoms with Crippen molar-refractivity contribution in [2.24, 2.45) is 5.41 Å². The average Bonchev–Trinajstić information content (AvgIpc) is 2.67. The Labute approximate surface area is 113 Å². The van der Waals surface area contributed by atoms with Crippen molar-refractivity contribution in [1.82, 2.24) is 0 Å². The van der Waals surface area contributed by atoms with Crippen molar-refractivity contribution in [3.05, 3.63) is 34.4 Å². The van der Waals surface area contributed by atoms with Crippen molar-refractivity contribution >= 4 is 15.9 Å². The van der Waals surface area contributed by atoms with Gasteiger partial charge in [0, 0.05) is 4.83 Å². The maximum atomic E-state index is 3.92. The highest BCUT2D eigenvalue weighted by atomic mass is 79.9. The molecule has 17 heavy (non-hydrogen) atoms. The lowest BCUT2D eigenvalue weighted by Gasteiger charge is -2.24. The zero-order valence-corrected chi connectivity index (χ0v) is 12.4. The number of hydrogen-bond acceptors (Lipinski definition) is 0. The number of fused-ring (bicyclic) bond motifs is 2. The van der Waals surface area contributed by atoms with Crippen molar-refractivity contribution in [2.45, 2.75) is 57.2 Å². The molecule has 3 rings (SSSR count). The molecule has 0 saturated heterocycles. The average molecular weight is 293 g/mol. The minimum atomic E-state index is 0.470. The third-order valence-corrected chi connectivity index (χ3v) is 5.31. The van der Waals surface area contributed by atoms with E-state index in [0.29, 0.717) is 10.2 Å². The first-order valence-electron chi connectivity index (χ1n) is 6.84. The van der Waals surface area contributed by atoms with Crippen LogP contribution in [0, 0.1) is 5.41 Å². The highest BCUT2D eigenvalue weighted by molar-refractivity contribution is 9.09. The Morgan fingerprint density at radius 2 is 1.76 bits per heavy atom. The molecule has 2 aliphatic rings. The summed E-state index contributed by atoms with van der Waals surface area (Å²) in [6.07, 6.45) is 7.80. The van der Waals surface area contributed by atoms with Crippen molar-refractivity contribution in [3.8, 4) is 0 Å². The second-order valence-electron chi connectivity index (χ2n) is 6.51. The fourth-order valence-corrected chi connectivity index (χ4v) is 4.68. The number of rotatable bonds is 0. The molecule has 1 aromatic rings. The topological polar surface area (TPSA) is 0 Å². The summed E-state index contributed by atoms with van der Waals surface area (Å²) in [5.41, 5.74) is 6.91. The molecule has 0 fully saturated rings. The van der Waals surface area contributed by atoms with E-state index in [-0.39, 0.29) is 0 Å². The molecule has 1 aromatic carbocycles. The third-order valence-electron chi connectivity index (χ3n) is 4.49. The molecule has 92 valence electrons. The standard InChI is InChI=1S/C16H21Br/c1-16(2)7-6-13-8-11-4-3-5-12(11)9-14(13)15(17)10-16/h8-9,15H,3-7,10H2,1-2H3. The Morgan fingerprint density at radius 1 is 1.06 bits per heavy atom. The summed E-state index contributed by atoms with van der Waals surface area (Å²) in [5.74, 6) is 0. The summed E-state index contributed by atoms with van der Waals surface area (Å²) >= 11 is 3.92. The van der Waals surface area contributed by atoms with Gasteiger partial charge in [-0.1, -0.05) is 41.9 Å². The van der Waals surface area contributed by atoms with Crippen LogP contribution in [0.5, 0.6) is 0 Å². The van der Waals surface area contributed by atoms with E-state index < -0.39 is 0 Å². The third kappa shape index (κ3) is 2.19. The minimum Gasteiger partial charge on any atom is -0.0838 e. The molecule has 0 aromatic heterocycles. The van der Waals surface area contributed by atoms with Crippen molar-refractivity contribution in [2.75, 3.05) is 0 Å². The molecule has 1 atom stereocenters. The van der Waals surface area contributed by atoms with E-state index >= 15 is 0 Å². The molecule has 1 heteroatoms.